The molecule has 0 bridgehead atoms. The van der Waals surface area contributed by atoms with E-state index >= 15 is 0 Å². The highest BCUT2D eigenvalue weighted by molar-refractivity contribution is 5.92. The Kier molecular flexibility index (Phi) is 7.18. The van der Waals surface area contributed by atoms with Crippen LogP contribution in [0.1, 0.15) is 51.2 Å². The molecule has 1 heterocycles. The normalized spacial score (nSPS) is 17.8. The molecule has 1 aromatic rings. The second-order valence-electron chi connectivity index (χ2n) is 6.50. The van der Waals surface area contributed by atoms with E-state index in [9.17, 15) is 14.4 Å². The van der Waals surface area contributed by atoms with Gasteiger partial charge in [-0.15, -0.1) is 0 Å². The van der Waals surface area contributed by atoms with Gasteiger partial charge in [0.25, 0.3) is 0 Å². The van der Waals surface area contributed by atoms with Gasteiger partial charge < -0.3 is 19.9 Å². The molecular weight excluding hydrogens is 363 g/mol. The van der Waals surface area contributed by atoms with Gasteiger partial charge in [0.2, 0.25) is 5.88 Å². The summed E-state index contributed by atoms with van der Waals surface area (Å²) in [7, 11) is 0. The molecule has 2 rings (SSSR count). The van der Waals surface area contributed by atoms with Crippen LogP contribution in [0.2, 0.25) is 0 Å². The second-order valence-corrected chi connectivity index (χ2v) is 6.50. The molecule has 0 aliphatic carbocycles. The minimum Gasteiger partial charge on any atom is -0.463 e. The molecular formula is C21H25FN2O4. The average Bonchev–Trinajstić information content (AvgIpc) is 2.66. The van der Waals surface area contributed by atoms with Crippen LogP contribution in [-0.4, -0.2) is 18.7 Å². The molecule has 1 aromatic carbocycles. The topological polar surface area (TPSA) is 94.6 Å². The van der Waals surface area contributed by atoms with E-state index in [4.69, 9.17) is 19.9 Å². The molecule has 0 saturated heterocycles. The Hall–Kier alpha value is -2.85. The Morgan fingerprint density at radius 3 is 2.71 bits per heavy atom. The number of hydrogen-bond donors (Lipinski definition) is 1. The highest BCUT2D eigenvalue weighted by atomic mass is 19.1. The molecule has 0 saturated carbocycles. The van der Waals surface area contributed by atoms with Gasteiger partial charge in [-0.1, -0.05) is 19.1 Å². The minimum absolute atomic E-state index is 0.0171. The number of allylic oxidation sites excluding steroid dienone is 2. The van der Waals surface area contributed by atoms with Gasteiger partial charge >= 0.3 is 5.97 Å². The Labute approximate surface area is 164 Å². The van der Waals surface area contributed by atoms with Gasteiger partial charge in [-0.2, -0.15) is 5.26 Å². The number of hydrogen-bond acceptors (Lipinski definition) is 6. The number of nitrogens with two attached hydrogens (primary N) is 1. The molecule has 1 aliphatic rings. The summed E-state index contributed by atoms with van der Waals surface area (Å²) in [4.78, 5) is 12.5. The summed E-state index contributed by atoms with van der Waals surface area (Å²) < 4.78 is 30.7. The van der Waals surface area contributed by atoms with Gasteiger partial charge in [0.15, 0.2) is 0 Å². The van der Waals surface area contributed by atoms with E-state index in [1.165, 1.54) is 6.07 Å². The van der Waals surface area contributed by atoms with Crippen molar-refractivity contribution in [3.8, 4) is 6.07 Å². The van der Waals surface area contributed by atoms with E-state index in [1.807, 2.05) is 19.9 Å². The smallest absolute Gasteiger partial charge is 0.338 e. The van der Waals surface area contributed by atoms with Gasteiger partial charge in [-0.3, -0.25) is 0 Å². The molecule has 1 aliphatic heterocycles. The van der Waals surface area contributed by atoms with Gasteiger partial charge in [0.05, 0.1) is 30.8 Å². The Morgan fingerprint density at radius 2 is 2.14 bits per heavy atom. The number of carbonyl (C=O) groups excluding carboxylic acids is 1. The van der Waals surface area contributed by atoms with Crippen LogP contribution in [-0.2, 0) is 25.6 Å². The molecule has 0 fully saturated rings. The zero-order valence-electron chi connectivity index (χ0n) is 16.5. The third-order valence-corrected chi connectivity index (χ3v) is 4.61. The SMILES string of the molecule is CCOC(=O)C1=C(C)OC(N)=C(C#N)C1c1ccc(COC(C)CC)c(F)c1. The van der Waals surface area contributed by atoms with E-state index in [1.54, 1.807) is 26.0 Å². The molecule has 0 aromatic heterocycles. The first-order chi connectivity index (χ1) is 13.3. The highest BCUT2D eigenvalue weighted by Gasteiger charge is 2.36. The van der Waals surface area contributed by atoms with E-state index in [2.05, 4.69) is 0 Å². The first-order valence-electron chi connectivity index (χ1n) is 9.19. The summed E-state index contributed by atoms with van der Waals surface area (Å²) in [6, 6.07) is 6.51. The Balaban J connectivity index is 2.45. The second kappa shape index (κ2) is 9.38. The van der Waals surface area contributed by atoms with Crippen molar-refractivity contribution in [3.05, 3.63) is 57.9 Å². The van der Waals surface area contributed by atoms with Crippen molar-refractivity contribution in [1.29, 1.82) is 5.26 Å². The standard InChI is InChI=1S/C21H25FN2O4/c1-5-12(3)27-11-15-8-7-14(9-17(15)22)19-16(10-23)20(24)28-13(4)18(19)21(25)26-6-2/h7-9,12,19H,5-6,11,24H2,1-4H3. The number of halogens is 1. The fraction of sp³-hybridized carbons (Fsp3) is 0.429. The predicted octanol–water partition coefficient (Wildman–Crippen LogP) is 3.79. The molecule has 2 N–H and O–H groups in total. The van der Waals surface area contributed by atoms with E-state index in [-0.39, 0.29) is 42.1 Å². The van der Waals surface area contributed by atoms with Crippen LogP contribution >= 0.6 is 0 Å². The maximum absolute atomic E-state index is 14.7. The Bertz CT molecular complexity index is 854. The van der Waals surface area contributed by atoms with Crippen molar-refractivity contribution in [3.63, 3.8) is 0 Å². The molecule has 6 nitrogen and oxygen atoms in total. The predicted molar refractivity (Wildman–Crippen MR) is 101 cm³/mol. The lowest BCUT2D eigenvalue weighted by Gasteiger charge is -2.27. The molecule has 0 amide bonds. The van der Waals surface area contributed by atoms with Crippen molar-refractivity contribution < 1.29 is 23.4 Å². The maximum atomic E-state index is 14.7. The van der Waals surface area contributed by atoms with Gasteiger partial charge in [-0.05, 0) is 38.8 Å². The zero-order chi connectivity index (χ0) is 20.8. The van der Waals surface area contributed by atoms with E-state index in [0.29, 0.717) is 11.1 Å². The van der Waals surface area contributed by atoms with Crippen LogP contribution < -0.4 is 5.73 Å². The van der Waals surface area contributed by atoms with Gasteiger partial charge in [0, 0.05) is 5.56 Å². The number of nitrogens with zero attached hydrogens (tertiary/aromatic N) is 1. The summed E-state index contributed by atoms with van der Waals surface area (Å²) in [5, 5.41) is 9.55. The van der Waals surface area contributed by atoms with Crippen molar-refractivity contribution in [2.75, 3.05) is 6.61 Å². The summed E-state index contributed by atoms with van der Waals surface area (Å²) >= 11 is 0. The fourth-order valence-corrected chi connectivity index (χ4v) is 2.90. The van der Waals surface area contributed by atoms with Crippen molar-refractivity contribution in [1.82, 2.24) is 0 Å². The van der Waals surface area contributed by atoms with Crippen LogP contribution in [0.25, 0.3) is 0 Å². The number of carbonyl (C=O) groups is 1. The summed E-state index contributed by atoms with van der Waals surface area (Å²) in [6.45, 7) is 7.43. The van der Waals surface area contributed by atoms with Crippen molar-refractivity contribution in [2.45, 2.75) is 52.7 Å². The number of nitriles is 1. The molecule has 7 heteroatoms. The number of rotatable bonds is 7. The van der Waals surface area contributed by atoms with E-state index in [0.717, 1.165) is 6.42 Å². The largest absolute Gasteiger partial charge is 0.463 e. The number of benzene rings is 1. The summed E-state index contributed by atoms with van der Waals surface area (Å²) in [6.07, 6.45) is 0.841. The summed E-state index contributed by atoms with van der Waals surface area (Å²) in [5.41, 5.74) is 6.82. The van der Waals surface area contributed by atoms with E-state index < -0.39 is 17.7 Å². The highest BCUT2D eigenvalue weighted by Crippen LogP contribution is 2.40. The monoisotopic (exact) mass is 388 g/mol. The minimum atomic E-state index is -0.864. The van der Waals surface area contributed by atoms with Gasteiger partial charge in [-0.25, -0.2) is 9.18 Å². The van der Waals surface area contributed by atoms with Crippen molar-refractivity contribution in [2.24, 2.45) is 5.73 Å². The molecule has 0 spiro atoms. The average molecular weight is 388 g/mol. The van der Waals surface area contributed by atoms with Crippen LogP contribution in [0.15, 0.2) is 41.0 Å². The molecule has 150 valence electrons. The molecule has 0 radical (unpaired) electrons. The van der Waals surface area contributed by atoms with Crippen LogP contribution in [0.3, 0.4) is 0 Å². The van der Waals surface area contributed by atoms with Crippen LogP contribution in [0.5, 0.6) is 0 Å². The molecule has 2 unspecified atom stereocenters. The lowest BCUT2D eigenvalue weighted by molar-refractivity contribution is -0.139. The van der Waals surface area contributed by atoms with Crippen LogP contribution in [0, 0.1) is 17.1 Å². The zero-order valence-corrected chi connectivity index (χ0v) is 16.5. The third-order valence-electron chi connectivity index (χ3n) is 4.61. The number of esters is 1. The lowest BCUT2D eigenvalue weighted by Crippen LogP contribution is -2.25. The quantitative estimate of drug-likeness (QED) is 0.714. The first kappa shape index (κ1) is 21.5. The van der Waals surface area contributed by atoms with Crippen molar-refractivity contribution >= 4 is 5.97 Å². The number of ether oxygens (including phenoxy) is 3. The molecule has 28 heavy (non-hydrogen) atoms. The van der Waals surface area contributed by atoms with Crippen LogP contribution in [0.4, 0.5) is 4.39 Å². The fourth-order valence-electron chi connectivity index (χ4n) is 2.90. The first-order valence-corrected chi connectivity index (χ1v) is 9.19. The Morgan fingerprint density at radius 1 is 1.43 bits per heavy atom. The van der Waals surface area contributed by atoms with Gasteiger partial charge in [0.1, 0.15) is 23.2 Å². The maximum Gasteiger partial charge on any atom is 0.338 e. The molecule has 2 atom stereocenters. The lowest BCUT2D eigenvalue weighted by atomic mass is 9.82. The third kappa shape index (κ3) is 4.52. The summed E-state index contributed by atoms with van der Waals surface area (Å²) in [5.74, 6) is -1.86.